The first-order chi connectivity index (χ1) is 28.3. The molecule has 0 aromatic carbocycles. The summed E-state index contributed by atoms with van der Waals surface area (Å²) in [6, 6.07) is -0.823. The van der Waals surface area contributed by atoms with Crippen molar-refractivity contribution in [2.24, 2.45) is 0 Å². The van der Waals surface area contributed by atoms with E-state index in [1.807, 2.05) is 6.08 Å². The number of carbonyl (C=O) groups excluding carboxylic acids is 1. The Morgan fingerprint density at radius 2 is 1.03 bits per heavy atom. The molecule has 9 heteroatoms. The van der Waals surface area contributed by atoms with Gasteiger partial charge in [-0.05, 0) is 57.8 Å². The van der Waals surface area contributed by atoms with E-state index < -0.39 is 49.5 Å². The first-order valence-corrected chi connectivity index (χ1v) is 23.9. The largest absolute Gasteiger partial charge is 0.394 e. The summed E-state index contributed by atoms with van der Waals surface area (Å²) in [7, 11) is 0. The van der Waals surface area contributed by atoms with Crippen LogP contribution in [0.1, 0.15) is 200 Å². The summed E-state index contributed by atoms with van der Waals surface area (Å²) < 4.78 is 11.2. The maximum Gasteiger partial charge on any atom is 0.220 e. The average molecular weight is 820 g/mol. The highest BCUT2D eigenvalue weighted by Gasteiger charge is 2.44. The molecule has 1 amide bonds. The zero-order valence-corrected chi connectivity index (χ0v) is 37.0. The van der Waals surface area contributed by atoms with E-state index in [-0.39, 0.29) is 12.5 Å². The summed E-state index contributed by atoms with van der Waals surface area (Å²) in [5.41, 5.74) is 0. The third-order valence-electron chi connectivity index (χ3n) is 11.2. The normalized spacial score (nSPS) is 21.3. The van der Waals surface area contributed by atoms with E-state index in [1.165, 1.54) is 135 Å². The van der Waals surface area contributed by atoms with Crippen LogP contribution in [-0.4, -0.2) is 87.5 Å². The summed E-state index contributed by atoms with van der Waals surface area (Å²) in [6.45, 7) is 3.72. The molecule has 0 aliphatic carbocycles. The zero-order chi connectivity index (χ0) is 42.3. The molecule has 0 spiro atoms. The quantitative estimate of drug-likeness (QED) is 0.0204. The maximum atomic E-state index is 13.0. The smallest absolute Gasteiger partial charge is 0.220 e. The molecule has 0 bridgehead atoms. The van der Waals surface area contributed by atoms with Gasteiger partial charge in [0.2, 0.25) is 5.91 Å². The van der Waals surface area contributed by atoms with Crippen LogP contribution in [-0.2, 0) is 14.3 Å². The van der Waals surface area contributed by atoms with Gasteiger partial charge in [0.1, 0.15) is 24.4 Å². The molecule has 58 heavy (non-hydrogen) atoms. The van der Waals surface area contributed by atoms with Crippen LogP contribution >= 0.6 is 0 Å². The van der Waals surface area contributed by atoms with Crippen molar-refractivity contribution in [2.75, 3.05) is 13.2 Å². The van der Waals surface area contributed by atoms with Gasteiger partial charge < -0.3 is 40.3 Å². The second-order valence-corrected chi connectivity index (χ2v) is 16.6. The topological polar surface area (TPSA) is 149 Å². The molecule has 338 valence electrons. The van der Waals surface area contributed by atoms with Gasteiger partial charge in [-0.3, -0.25) is 4.79 Å². The Hall–Kier alpha value is -1.85. The van der Waals surface area contributed by atoms with Gasteiger partial charge >= 0.3 is 0 Å². The highest BCUT2D eigenvalue weighted by atomic mass is 16.7. The Labute approximate surface area is 354 Å². The Kier molecular flexibility index (Phi) is 36.7. The molecule has 9 nitrogen and oxygen atoms in total. The number of aliphatic hydroxyl groups excluding tert-OH is 5. The number of hydrogen-bond acceptors (Lipinski definition) is 8. The highest BCUT2D eigenvalue weighted by Crippen LogP contribution is 2.22. The van der Waals surface area contributed by atoms with Crippen molar-refractivity contribution in [1.82, 2.24) is 5.32 Å². The number of rotatable bonds is 39. The van der Waals surface area contributed by atoms with Crippen LogP contribution in [0.3, 0.4) is 0 Å². The van der Waals surface area contributed by atoms with Crippen molar-refractivity contribution in [3.05, 3.63) is 48.6 Å². The summed E-state index contributed by atoms with van der Waals surface area (Å²) in [5.74, 6) is -0.192. The van der Waals surface area contributed by atoms with E-state index in [0.717, 1.165) is 44.9 Å². The van der Waals surface area contributed by atoms with Gasteiger partial charge in [0, 0.05) is 6.42 Å². The minimum Gasteiger partial charge on any atom is -0.394 e. The van der Waals surface area contributed by atoms with Crippen LogP contribution in [0.4, 0.5) is 0 Å². The van der Waals surface area contributed by atoms with Crippen LogP contribution in [0.25, 0.3) is 0 Å². The number of nitrogens with one attached hydrogen (secondary N) is 1. The second kappa shape index (κ2) is 39.3. The zero-order valence-electron chi connectivity index (χ0n) is 37.0. The fraction of sp³-hybridized carbons (Fsp3) is 0.816. The van der Waals surface area contributed by atoms with Gasteiger partial charge in [-0.2, -0.15) is 0 Å². The molecule has 0 aromatic rings. The molecule has 0 radical (unpaired) electrons. The van der Waals surface area contributed by atoms with E-state index >= 15 is 0 Å². The standard InChI is InChI=1S/C49H89NO8/c1-3-5-7-9-11-13-15-17-19-21-22-23-25-27-29-31-33-35-37-39-45(53)50-42(41-57-49-48(56)47(55)46(54)44(40-51)58-49)43(52)38-36-34-32-30-28-26-24-20-18-16-14-12-10-8-6-4-2/h11,13,15,17,28,30,36,38,42-44,46-49,51-52,54-56H,3-10,12,14,16,18-27,29,31-35,37,39-41H2,1-2H3,(H,50,53)/b13-11-,17-15-,30-28+,38-36+. The molecular formula is C49H89NO8. The number of amides is 1. The molecule has 1 saturated heterocycles. The molecule has 6 N–H and O–H groups in total. The molecule has 1 aliphatic rings. The lowest BCUT2D eigenvalue weighted by atomic mass is 9.99. The van der Waals surface area contributed by atoms with E-state index in [0.29, 0.717) is 6.42 Å². The summed E-state index contributed by atoms with van der Waals surface area (Å²) in [6.07, 6.45) is 42.9. The van der Waals surface area contributed by atoms with Crippen molar-refractivity contribution in [3.8, 4) is 0 Å². The monoisotopic (exact) mass is 820 g/mol. The van der Waals surface area contributed by atoms with E-state index in [1.54, 1.807) is 6.08 Å². The van der Waals surface area contributed by atoms with Crippen LogP contribution in [0, 0.1) is 0 Å². The molecule has 1 fully saturated rings. The molecule has 1 heterocycles. The number of aliphatic hydroxyl groups is 5. The predicted molar refractivity (Wildman–Crippen MR) is 239 cm³/mol. The number of allylic oxidation sites excluding steroid dienone is 7. The molecule has 0 aromatic heterocycles. The SMILES string of the molecule is CCCCC/C=C\C=C/CCCCCCCCCCCCC(=O)NC(COC1OC(CO)C(O)C(O)C1O)C(O)/C=C/CC/C=C/CCCCCCCCCCCC. The molecule has 7 unspecified atom stereocenters. The third kappa shape index (κ3) is 29.4. The Morgan fingerprint density at radius 3 is 1.59 bits per heavy atom. The number of carbonyl (C=O) groups is 1. The van der Waals surface area contributed by atoms with E-state index in [9.17, 15) is 30.3 Å². The fourth-order valence-corrected chi connectivity index (χ4v) is 7.28. The van der Waals surface area contributed by atoms with Crippen molar-refractivity contribution >= 4 is 5.91 Å². The van der Waals surface area contributed by atoms with Crippen LogP contribution in [0.5, 0.6) is 0 Å². The van der Waals surface area contributed by atoms with Crippen LogP contribution in [0.2, 0.25) is 0 Å². The first kappa shape index (κ1) is 54.2. The lowest BCUT2D eigenvalue weighted by molar-refractivity contribution is -0.302. The van der Waals surface area contributed by atoms with Crippen molar-refractivity contribution in [2.45, 2.75) is 243 Å². The summed E-state index contributed by atoms with van der Waals surface area (Å²) in [5, 5.41) is 54.2. The minimum atomic E-state index is -1.57. The van der Waals surface area contributed by atoms with Gasteiger partial charge in [0.25, 0.3) is 0 Å². The van der Waals surface area contributed by atoms with Crippen molar-refractivity contribution < 1.29 is 39.8 Å². The maximum absolute atomic E-state index is 13.0. The second-order valence-electron chi connectivity index (χ2n) is 16.6. The Morgan fingerprint density at radius 1 is 0.586 bits per heavy atom. The Bertz CT molecular complexity index is 1050. The first-order valence-electron chi connectivity index (χ1n) is 23.9. The average Bonchev–Trinajstić information content (AvgIpc) is 3.22. The molecule has 1 rings (SSSR count). The molecular weight excluding hydrogens is 731 g/mol. The van der Waals surface area contributed by atoms with E-state index in [2.05, 4.69) is 55.6 Å². The lowest BCUT2D eigenvalue weighted by Gasteiger charge is -2.40. The van der Waals surface area contributed by atoms with E-state index in [4.69, 9.17) is 9.47 Å². The third-order valence-corrected chi connectivity index (χ3v) is 11.2. The van der Waals surface area contributed by atoms with Gasteiger partial charge in [0.05, 0.1) is 25.4 Å². The van der Waals surface area contributed by atoms with Gasteiger partial charge in [-0.1, -0.05) is 184 Å². The summed E-state index contributed by atoms with van der Waals surface area (Å²) in [4.78, 5) is 13.0. The molecule has 7 atom stereocenters. The lowest BCUT2D eigenvalue weighted by Crippen LogP contribution is -2.60. The summed E-state index contributed by atoms with van der Waals surface area (Å²) >= 11 is 0. The van der Waals surface area contributed by atoms with Gasteiger partial charge in [-0.25, -0.2) is 0 Å². The van der Waals surface area contributed by atoms with Gasteiger partial charge in [0.15, 0.2) is 6.29 Å². The van der Waals surface area contributed by atoms with Gasteiger partial charge in [-0.15, -0.1) is 0 Å². The van der Waals surface area contributed by atoms with Crippen LogP contribution < -0.4 is 5.32 Å². The minimum absolute atomic E-state index is 0.192. The fourth-order valence-electron chi connectivity index (χ4n) is 7.28. The predicted octanol–water partition coefficient (Wildman–Crippen LogP) is 10.2. The number of hydrogen-bond donors (Lipinski definition) is 6. The Balaban J connectivity index is 2.36. The highest BCUT2D eigenvalue weighted by molar-refractivity contribution is 5.76. The van der Waals surface area contributed by atoms with Crippen LogP contribution in [0.15, 0.2) is 48.6 Å². The molecule has 1 aliphatic heterocycles. The van der Waals surface area contributed by atoms with Crippen molar-refractivity contribution in [1.29, 1.82) is 0 Å². The molecule has 0 saturated carbocycles. The number of unbranched alkanes of at least 4 members (excludes halogenated alkanes) is 24. The number of ether oxygens (including phenoxy) is 2. The van der Waals surface area contributed by atoms with Crippen molar-refractivity contribution in [3.63, 3.8) is 0 Å².